The number of hydrogen-bond donors (Lipinski definition) is 1. The van der Waals surface area contributed by atoms with Crippen LogP contribution < -0.4 is 5.32 Å². The summed E-state index contributed by atoms with van der Waals surface area (Å²) < 4.78 is 0. The number of nitrogens with one attached hydrogen (secondary N) is 1. The first kappa shape index (κ1) is 18.4. The number of carbonyl (C=O) groups excluding carboxylic acids is 2. The lowest BCUT2D eigenvalue weighted by atomic mass is 9.90. The molecule has 0 bridgehead atoms. The van der Waals surface area contributed by atoms with Crippen molar-refractivity contribution in [1.29, 1.82) is 0 Å². The molecule has 1 N–H and O–H groups in total. The monoisotopic (exact) mass is 346 g/mol. The first-order valence-electron chi connectivity index (χ1n) is 8.06. The van der Waals surface area contributed by atoms with Crippen LogP contribution in [0.4, 0.5) is 0 Å². The van der Waals surface area contributed by atoms with Crippen LogP contribution in [0.1, 0.15) is 33.6 Å². The van der Waals surface area contributed by atoms with E-state index >= 15 is 0 Å². The Kier molecular flexibility index (Phi) is 5.97. The number of piperidine rings is 1. The van der Waals surface area contributed by atoms with Gasteiger partial charge >= 0.3 is 0 Å². The van der Waals surface area contributed by atoms with E-state index in [0.717, 1.165) is 42.3 Å². The summed E-state index contributed by atoms with van der Waals surface area (Å²) in [6.07, 6.45) is 2.01. The molecule has 1 heterocycles. The second-order valence-corrected chi connectivity index (χ2v) is 6.38. The highest BCUT2D eigenvalue weighted by Gasteiger charge is 2.22. The Balaban J connectivity index is 0.00000208. The molecule has 128 valence electrons. The minimum atomic E-state index is -0.0136. The minimum absolute atomic E-state index is 0. The summed E-state index contributed by atoms with van der Waals surface area (Å²) in [7, 11) is 3.49. The molecule has 3 rings (SSSR count). The van der Waals surface area contributed by atoms with Gasteiger partial charge in [0.1, 0.15) is 0 Å². The molecule has 2 aromatic rings. The van der Waals surface area contributed by atoms with Gasteiger partial charge in [-0.2, -0.15) is 0 Å². The average molecular weight is 347 g/mol. The molecular weight excluding hydrogens is 324 g/mol. The summed E-state index contributed by atoms with van der Waals surface area (Å²) in [4.78, 5) is 26.2. The molecule has 1 amide bonds. The Labute approximate surface area is 148 Å². The molecule has 0 spiro atoms. The molecule has 0 saturated carbocycles. The molecule has 0 aliphatic carbocycles. The van der Waals surface area contributed by atoms with E-state index in [1.807, 2.05) is 36.4 Å². The van der Waals surface area contributed by atoms with Gasteiger partial charge < -0.3 is 10.2 Å². The first-order chi connectivity index (χ1) is 11.1. The Hall–Kier alpha value is -1.91. The van der Waals surface area contributed by atoms with Crippen molar-refractivity contribution >= 4 is 34.9 Å². The fraction of sp³-hybridized carbons (Fsp3) is 0.368. The van der Waals surface area contributed by atoms with E-state index in [1.165, 1.54) is 0 Å². The zero-order chi connectivity index (χ0) is 16.4. The number of nitrogens with zero attached hydrogens (tertiary/aromatic N) is 1. The average Bonchev–Trinajstić information content (AvgIpc) is 2.60. The van der Waals surface area contributed by atoms with E-state index in [1.54, 1.807) is 19.0 Å². The van der Waals surface area contributed by atoms with Crippen LogP contribution in [0.2, 0.25) is 0 Å². The molecule has 1 atom stereocenters. The highest BCUT2D eigenvalue weighted by atomic mass is 35.5. The molecule has 24 heavy (non-hydrogen) atoms. The van der Waals surface area contributed by atoms with Crippen LogP contribution >= 0.6 is 12.4 Å². The molecule has 2 aromatic carbocycles. The summed E-state index contributed by atoms with van der Waals surface area (Å²) in [5.74, 6) is 0.281. The van der Waals surface area contributed by atoms with Gasteiger partial charge in [-0.15, -0.1) is 12.4 Å². The molecule has 0 aromatic heterocycles. The molecule has 1 aliphatic heterocycles. The van der Waals surface area contributed by atoms with Crippen LogP contribution in [0, 0.1) is 5.92 Å². The van der Waals surface area contributed by atoms with E-state index < -0.39 is 0 Å². The van der Waals surface area contributed by atoms with Crippen LogP contribution in [-0.4, -0.2) is 43.8 Å². The summed E-state index contributed by atoms with van der Waals surface area (Å²) in [5, 5.41) is 5.27. The predicted molar refractivity (Wildman–Crippen MR) is 99.1 cm³/mol. The molecule has 0 radical (unpaired) electrons. The van der Waals surface area contributed by atoms with Crippen molar-refractivity contribution in [2.75, 3.05) is 27.2 Å². The summed E-state index contributed by atoms with van der Waals surface area (Å²) in [6.45, 7) is 1.78. The van der Waals surface area contributed by atoms with Crippen molar-refractivity contribution in [2.45, 2.75) is 12.8 Å². The van der Waals surface area contributed by atoms with E-state index in [0.29, 0.717) is 5.56 Å². The maximum Gasteiger partial charge on any atom is 0.253 e. The molecule has 4 nitrogen and oxygen atoms in total. The molecule has 1 saturated heterocycles. The highest BCUT2D eigenvalue weighted by molar-refractivity contribution is 6.03. The number of rotatable bonds is 3. The summed E-state index contributed by atoms with van der Waals surface area (Å²) in [6, 6.07) is 11.4. The second-order valence-electron chi connectivity index (χ2n) is 6.38. The number of benzene rings is 2. The van der Waals surface area contributed by atoms with Crippen molar-refractivity contribution in [2.24, 2.45) is 5.92 Å². The van der Waals surface area contributed by atoms with Crippen molar-refractivity contribution in [3.05, 3.63) is 47.5 Å². The molecular formula is C19H23ClN2O2. The Morgan fingerprint density at radius 3 is 2.25 bits per heavy atom. The van der Waals surface area contributed by atoms with Gasteiger partial charge in [0, 0.05) is 37.7 Å². The van der Waals surface area contributed by atoms with Crippen LogP contribution in [0.3, 0.4) is 0 Å². The summed E-state index contributed by atoms with van der Waals surface area (Å²) >= 11 is 0. The third kappa shape index (κ3) is 3.77. The van der Waals surface area contributed by atoms with Crippen molar-refractivity contribution in [3.63, 3.8) is 0 Å². The summed E-state index contributed by atoms with van der Waals surface area (Å²) in [5.41, 5.74) is 1.43. The third-order valence-corrected chi connectivity index (χ3v) is 4.45. The maximum atomic E-state index is 12.6. The van der Waals surface area contributed by atoms with Gasteiger partial charge in [-0.25, -0.2) is 0 Å². The standard InChI is InChI=1S/C19H22N2O2.ClH/c1-21(2)19(23)16-8-6-13-10-15(7-5-14(13)11-16)18(22)17-4-3-9-20-12-17;/h5-8,10-11,17,20H,3-4,9,12H2,1-2H3;1H. The number of ketones is 1. The van der Waals surface area contributed by atoms with Crippen molar-refractivity contribution in [3.8, 4) is 0 Å². The second kappa shape index (κ2) is 7.77. The van der Waals surface area contributed by atoms with Crippen LogP contribution in [0.5, 0.6) is 0 Å². The van der Waals surface area contributed by atoms with Crippen LogP contribution in [0.15, 0.2) is 36.4 Å². The van der Waals surface area contributed by atoms with Crippen molar-refractivity contribution in [1.82, 2.24) is 10.2 Å². The minimum Gasteiger partial charge on any atom is -0.345 e. The third-order valence-electron chi connectivity index (χ3n) is 4.45. The molecule has 1 fully saturated rings. The van der Waals surface area contributed by atoms with Gasteiger partial charge in [0.25, 0.3) is 5.91 Å². The molecule has 1 unspecified atom stereocenters. The topological polar surface area (TPSA) is 49.4 Å². The van der Waals surface area contributed by atoms with Gasteiger partial charge in [-0.05, 0) is 48.4 Å². The number of amides is 1. The lowest BCUT2D eigenvalue weighted by molar-refractivity contribution is 0.0827. The van der Waals surface area contributed by atoms with Crippen LogP contribution in [0.25, 0.3) is 10.8 Å². The quantitative estimate of drug-likeness (QED) is 0.868. The zero-order valence-electron chi connectivity index (χ0n) is 14.0. The zero-order valence-corrected chi connectivity index (χ0v) is 14.9. The predicted octanol–water partition coefficient (Wildman–Crippen LogP) is 3.15. The van der Waals surface area contributed by atoms with E-state index in [2.05, 4.69) is 5.32 Å². The SMILES string of the molecule is CN(C)C(=O)c1ccc2cc(C(=O)C3CCCNC3)ccc2c1.Cl. The Morgan fingerprint density at radius 1 is 1.04 bits per heavy atom. The fourth-order valence-corrected chi connectivity index (χ4v) is 3.10. The van der Waals surface area contributed by atoms with E-state index in [9.17, 15) is 9.59 Å². The number of Topliss-reactive ketones (excluding diaryl/α,β-unsaturated/α-hetero) is 1. The Morgan fingerprint density at radius 2 is 1.67 bits per heavy atom. The van der Waals surface area contributed by atoms with Crippen LogP contribution in [-0.2, 0) is 0 Å². The number of carbonyl (C=O) groups is 2. The van der Waals surface area contributed by atoms with E-state index in [4.69, 9.17) is 0 Å². The van der Waals surface area contributed by atoms with Gasteiger partial charge in [-0.1, -0.05) is 18.2 Å². The normalized spacial score (nSPS) is 17.2. The highest BCUT2D eigenvalue weighted by Crippen LogP contribution is 2.22. The van der Waals surface area contributed by atoms with E-state index in [-0.39, 0.29) is 30.0 Å². The lowest BCUT2D eigenvalue weighted by Crippen LogP contribution is -2.34. The van der Waals surface area contributed by atoms with Gasteiger partial charge in [0.05, 0.1) is 0 Å². The van der Waals surface area contributed by atoms with Gasteiger partial charge in [0.15, 0.2) is 5.78 Å². The number of halogens is 1. The fourth-order valence-electron chi connectivity index (χ4n) is 3.10. The number of fused-ring (bicyclic) bond motifs is 1. The molecule has 1 aliphatic rings. The van der Waals surface area contributed by atoms with Gasteiger partial charge in [-0.3, -0.25) is 9.59 Å². The number of hydrogen-bond acceptors (Lipinski definition) is 3. The molecule has 5 heteroatoms. The first-order valence-corrected chi connectivity index (χ1v) is 8.06. The lowest BCUT2D eigenvalue weighted by Gasteiger charge is -2.21. The smallest absolute Gasteiger partial charge is 0.253 e. The van der Waals surface area contributed by atoms with Gasteiger partial charge in [0.2, 0.25) is 0 Å². The Bertz CT molecular complexity index is 752. The maximum absolute atomic E-state index is 12.6. The largest absolute Gasteiger partial charge is 0.345 e. The van der Waals surface area contributed by atoms with Crippen molar-refractivity contribution < 1.29 is 9.59 Å².